The number of hydrogen-bond acceptors (Lipinski definition) is 8. The second-order valence-corrected chi connectivity index (χ2v) is 10.1. The van der Waals surface area contributed by atoms with Crippen molar-refractivity contribution in [3.63, 3.8) is 0 Å². The van der Waals surface area contributed by atoms with Crippen molar-refractivity contribution in [2.45, 2.75) is 25.8 Å². The highest BCUT2D eigenvalue weighted by Crippen LogP contribution is 2.32. The van der Waals surface area contributed by atoms with Gasteiger partial charge in [-0.2, -0.15) is 5.10 Å². The first-order valence-corrected chi connectivity index (χ1v) is 14.1. The molecule has 0 radical (unpaired) electrons. The lowest BCUT2D eigenvalue weighted by Gasteiger charge is -2.32. The molecule has 0 aliphatic carbocycles. The highest BCUT2D eigenvalue weighted by Gasteiger charge is 2.28. The van der Waals surface area contributed by atoms with Gasteiger partial charge in [0.1, 0.15) is 5.82 Å². The predicted molar refractivity (Wildman–Crippen MR) is 155 cm³/mol. The van der Waals surface area contributed by atoms with Gasteiger partial charge in [-0.25, -0.2) is 19.4 Å². The Labute approximate surface area is 238 Å². The fourth-order valence-corrected chi connectivity index (χ4v) is 5.39. The number of nitrogens with zero attached hydrogens (tertiary/aromatic N) is 6. The molecule has 41 heavy (non-hydrogen) atoms. The minimum Gasteiger partial charge on any atom is -0.450 e. The lowest BCUT2D eigenvalue weighted by molar-refractivity contribution is 0.0691. The van der Waals surface area contributed by atoms with Crippen LogP contribution in [0.5, 0.6) is 0 Å². The molecule has 0 atom stereocenters. The molecule has 2 saturated heterocycles. The zero-order chi connectivity index (χ0) is 28.2. The normalized spacial score (nSPS) is 16.1. The first-order valence-electron chi connectivity index (χ1n) is 14.1. The van der Waals surface area contributed by atoms with Crippen LogP contribution in [-0.4, -0.2) is 82.6 Å². The SMILES string of the molecule is CCOC(=O)Nc1ccc(-c2nc(N3CCOCC3)c3cnn(C4CCN(C(=O)c5ccccc5)CC4)c3n2)cc1. The standard InChI is InChI=1S/C30H33N7O4/c1-2-41-30(39)32-23-10-8-21(9-11-23)26-33-27(35-16-18-40-19-17-35)25-20-31-37(28(25)34-26)24-12-14-36(15-13-24)29(38)22-6-4-3-5-7-22/h3-11,20,24H,2,12-19H2,1H3,(H,32,39). The summed E-state index contributed by atoms with van der Waals surface area (Å²) in [5.74, 6) is 1.49. The highest BCUT2D eigenvalue weighted by molar-refractivity contribution is 5.94. The Morgan fingerprint density at radius 1 is 0.976 bits per heavy atom. The number of amides is 2. The molecule has 0 saturated carbocycles. The van der Waals surface area contributed by atoms with E-state index in [1.165, 1.54) is 0 Å². The Morgan fingerprint density at radius 3 is 2.41 bits per heavy atom. The molecule has 11 nitrogen and oxygen atoms in total. The largest absolute Gasteiger partial charge is 0.450 e. The van der Waals surface area contributed by atoms with Gasteiger partial charge in [-0.05, 0) is 56.2 Å². The molecule has 2 aromatic heterocycles. The van der Waals surface area contributed by atoms with Gasteiger partial charge in [0.2, 0.25) is 0 Å². The summed E-state index contributed by atoms with van der Waals surface area (Å²) in [5.41, 5.74) is 2.94. The maximum absolute atomic E-state index is 13.0. The summed E-state index contributed by atoms with van der Waals surface area (Å²) in [6, 6.07) is 16.9. The number of carbonyl (C=O) groups is 2. The molecule has 2 aliphatic rings. The van der Waals surface area contributed by atoms with E-state index in [1.807, 2.05) is 70.4 Å². The molecule has 2 amide bonds. The van der Waals surface area contributed by atoms with Gasteiger partial charge >= 0.3 is 6.09 Å². The van der Waals surface area contributed by atoms with Gasteiger partial charge in [-0.1, -0.05) is 18.2 Å². The van der Waals surface area contributed by atoms with Crippen LogP contribution in [0.4, 0.5) is 16.3 Å². The molecule has 0 unspecified atom stereocenters. The summed E-state index contributed by atoms with van der Waals surface area (Å²) in [5, 5.41) is 8.41. The highest BCUT2D eigenvalue weighted by atomic mass is 16.5. The molecule has 0 spiro atoms. The summed E-state index contributed by atoms with van der Waals surface area (Å²) in [6.45, 7) is 6.12. The van der Waals surface area contributed by atoms with E-state index < -0.39 is 6.09 Å². The van der Waals surface area contributed by atoms with E-state index in [0.717, 1.165) is 48.3 Å². The summed E-state index contributed by atoms with van der Waals surface area (Å²) in [4.78, 5) is 38.9. The monoisotopic (exact) mass is 555 g/mol. The number of ether oxygens (including phenoxy) is 2. The maximum Gasteiger partial charge on any atom is 0.411 e. The molecular weight excluding hydrogens is 522 g/mol. The molecular formula is C30H33N7O4. The molecule has 4 heterocycles. The third-order valence-electron chi connectivity index (χ3n) is 7.53. The molecule has 4 aromatic rings. The van der Waals surface area contributed by atoms with Crippen molar-refractivity contribution in [2.75, 3.05) is 56.2 Å². The van der Waals surface area contributed by atoms with E-state index in [2.05, 4.69) is 10.2 Å². The van der Waals surface area contributed by atoms with E-state index in [9.17, 15) is 9.59 Å². The summed E-state index contributed by atoms with van der Waals surface area (Å²) in [7, 11) is 0. The number of likely N-dealkylation sites (tertiary alicyclic amines) is 1. The summed E-state index contributed by atoms with van der Waals surface area (Å²) in [6.07, 6.45) is 2.94. The van der Waals surface area contributed by atoms with Gasteiger partial charge < -0.3 is 19.3 Å². The van der Waals surface area contributed by atoms with Crippen LogP contribution in [0.3, 0.4) is 0 Å². The second kappa shape index (κ2) is 11.9. The van der Waals surface area contributed by atoms with E-state index >= 15 is 0 Å². The van der Waals surface area contributed by atoms with E-state index in [1.54, 1.807) is 6.92 Å². The zero-order valence-corrected chi connectivity index (χ0v) is 23.0. The molecule has 0 bridgehead atoms. The number of aromatic nitrogens is 4. The van der Waals surface area contributed by atoms with Crippen molar-refractivity contribution < 1.29 is 19.1 Å². The Balaban J connectivity index is 1.28. The number of hydrogen-bond donors (Lipinski definition) is 1. The molecule has 2 aliphatic heterocycles. The lowest BCUT2D eigenvalue weighted by Crippen LogP contribution is -2.39. The van der Waals surface area contributed by atoms with Crippen LogP contribution >= 0.6 is 0 Å². The molecule has 6 rings (SSSR count). The van der Waals surface area contributed by atoms with Crippen LogP contribution in [-0.2, 0) is 9.47 Å². The average molecular weight is 556 g/mol. The van der Waals surface area contributed by atoms with Crippen molar-refractivity contribution in [2.24, 2.45) is 0 Å². The van der Waals surface area contributed by atoms with Crippen molar-refractivity contribution in [3.8, 4) is 11.4 Å². The third-order valence-corrected chi connectivity index (χ3v) is 7.53. The molecule has 2 fully saturated rings. The number of rotatable bonds is 6. The van der Waals surface area contributed by atoms with Gasteiger partial charge in [-0.15, -0.1) is 0 Å². The van der Waals surface area contributed by atoms with Crippen LogP contribution < -0.4 is 10.2 Å². The van der Waals surface area contributed by atoms with Crippen LogP contribution in [0.2, 0.25) is 0 Å². The van der Waals surface area contributed by atoms with E-state index in [4.69, 9.17) is 24.5 Å². The topological polar surface area (TPSA) is 115 Å². The molecule has 1 N–H and O–H groups in total. The number of morpholine rings is 1. The van der Waals surface area contributed by atoms with Gasteiger partial charge in [0.05, 0.1) is 37.4 Å². The van der Waals surface area contributed by atoms with Crippen molar-refractivity contribution in [3.05, 3.63) is 66.4 Å². The maximum atomic E-state index is 13.0. The summed E-state index contributed by atoms with van der Waals surface area (Å²) < 4.78 is 12.6. The number of piperidine rings is 1. The summed E-state index contributed by atoms with van der Waals surface area (Å²) >= 11 is 0. The van der Waals surface area contributed by atoms with Crippen LogP contribution in [0.25, 0.3) is 22.4 Å². The Kier molecular flexibility index (Phi) is 7.77. The average Bonchev–Trinajstić information content (AvgIpc) is 3.46. The van der Waals surface area contributed by atoms with Crippen molar-refractivity contribution >= 4 is 34.5 Å². The first kappa shape index (κ1) is 26.7. The minimum absolute atomic E-state index is 0.0643. The van der Waals surface area contributed by atoms with Crippen molar-refractivity contribution in [1.82, 2.24) is 24.6 Å². The van der Waals surface area contributed by atoms with Gasteiger partial charge in [0, 0.05) is 43.0 Å². The van der Waals surface area contributed by atoms with E-state index in [0.29, 0.717) is 50.0 Å². The van der Waals surface area contributed by atoms with Crippen LogP contribution in [0, 0.1) is 0 Å². The fourth-order valence-electron chi connectivity index (χ4n) is 5.39. The zero-order valence-electron chi connectivity index (χ0n) is 23.0. The first-order chi connectivity index (χ1) is 20.1. The fraction of sp³-hybridized carbons (Fsp3) is 0.367. The Bertz CT molecular complexity index is 1510. The number of fused-ring (bicyclic) bond motifs is 1. The number of anilines is 2. The lowest BCUT2D eigenvalue weighted by atomic mass is 10.0. The molecule has 2 aromatic carbocycles. The smallest absolute Gasteiger partial charge is 0.411 e. The number of carbonyl (C=O) groups excluding carboxylic acids is 2. The minimum atomic E-state index is -0.493. The van der Waals surface area contributed by atoms with Gasteiger partial charge in [0.25, 0.3) is 5.91 Å². The predicted octanol–water partition coefficient (Wildman–Crippen LogP) is 4.38. The van der Waals surface area contributed by atoms with Gasteiger partial charge in [0.15, 0.2) is 11.5 Å². The van der Waals surface area contributed by atoms with Crippen molar-refractivity contribution in [1.29, 1.82) is 0 Å². The van der Waals surface area contributed by atoms with Crippen LogP contribution in [0.15, 0.2) is 60.8 Å². The van der Waals surface area contributed by atoms with E-state index in [-0.39, 0.29) is 11.9 Å². The number of nitrogens with one attached hydrogen (secondary N) is 1. The third kappa shape index (κ3) is 5.71. The second-order valence-electron chi connectivity index (χ2n) is 10.1. The van der Waals surface area contributed by atoms with Crippen LogP contribution in [0.1, 0.15) is 36.2 Å². The van der Waals surface area contributed by atoms with Gasteiger partial charge in [-0.3, -0.25) is 10.1 Å². The molecule has 11 heteroatoms. The Hall–Kier alpha value is -4.51. The number of benzene rings is 2. The quantitative estimate of drug-likeness (QED) is 0.373. The Morgan fingerprint density at radius 2 is 1.71 bits per heavy atom. The molecule has 212 valence electrons.